The van der Waals surface area contributed by atoms with E-state index in [0.29, 0.717) is 11.9 Å². The highest BCUT2D eigenvalue weighted by Crippen LogP contribution is 2.43. The summed E-state index contributed by atoms with van der Waals surface area (Å²) in [5.74, 6) is 0.621. The van der Waals surface area contributed by atoms with Crippen LogP contribution in [0.25, 0.3) is 0 Å². The van der Waals surface area contributed by atoms with Crippen molar-refractivity contribution in [3.8, 4) is 0 Å². The summed E-state index contributed by atoms with van der Waals surface area (Å²) in [5, 5.41) is 3.39. The Bertz CT molecular complexity index is 282. The normalized spacial score (nSPS) is 32.4. The lowest BCUT2D eigenvalue weighted by molar-refractivity contribution is -0.139. The number of piperidine rings is 1. The van der Waals surface area contributed by atoms with E-state index in [1.165, 1.54) is 19.3 Å². The molecule has 98 valence electrons. The molecule has 1 saturated heterocycles. The Morgan fingerprint density at radius 2 is 2.06 bits per heavy atom. The summed E-state index contributed by atoms with van der Waals surface area (Å²) in [6.07, 6.45) is 5.83. The van der Waals surface area contributed by atoms with Crippen LogP contribution in [0.3, 0.4) is 0 Å². The van der Waals surface area contributed by atoms with Gasteiger partial charge in [-0.05, 0) is 37.6 Å². The van der Waals surface area contributed by atoms with Crippen LogP contribution in [-0.2, 0) is 4.79 Å². The van der Waals surface area contributed by atoms with Gasteiger partial charge in [-0.3, -0.25) is 4.79 Å². The van der Waals surface area contributed by atoms with Crippen molar-refractivity contribution >= 4 is 5.91 Å². The quantitative estimate of drug-likeness (QED) is 0.798. The minimum absolute atomic E-state index is 0.202. The lowest BCUT2D eigenvalue weighted by Gasteiger charge is -2.36. The summed E-state index contributed by atoms with van der Waals surface area (Å²) in [4.78, 5) is 14.6. The number of nitrogens with zero attached hydrogens (tertiary/aromatic N) is 1. The summed E-state index contributed by atoms with van der Waals surface area (Å²) in [6, 6.07) is 0.410. The van der Waals surface area contributed by atoms with Crippen molar-refractivity contribution in [1.29, 1.82) is 0 Å². The first-order chi connectivity index (χ1) is 8.02. The Morgan fingerprint density at radius 3 is 2.59 bits per heavy atom. The van der Waals surface area contributed by atoms with E-state index in [0.717, 1.165) is 25.9 Å². The Labute approximate surface area is 105 Å². The summed E-state index contributed by atoms with van der Waals surface area (Å²) in [7, 11) is 1.99. The van der Waals surface area contributed by atoms with Crippen molar-refractivity contribution in [3.05, 3.63) is 0 Å². The Morgan fingerprint density at radius 1 is 1.29 bits per heavy atom. The molecule has 0 bridgehead atoms. The van der Waals surface area contributed by atoms with Crippen LogP contribution in [0.4, 0.5) is 0 Å². The number of nitrogens with one attached hydrogen (secondary N) is 1. The minimum atomic E-state index is 0.202. The second-order valence-electron chi connectivity index (χ2n) is 6.38. The number of carbonyl (C=O) groups is 1. The van der Waals surface area contributed by atoms with E-state index in [9.17, 15) is 4.79 Å². The largest absolute Gasteiger partial charge is 0.341 e. The lowest BCUT2D eigenvalue weighted by atomic mass is 9.81. The molecule has 2 fully saturated rings. The SMILES string of the molecule is CN(C(=O)C1CCCC1(C)C)C1CCCNC1. The summed E-state index contributed by atoms with van der Waals surface area (Å²) in [5.41, 5.74) is 0.202. The average molecular weight is 238 g/mol. The van der Waals surface area contributed by atoms with Crippen LogP contribution in [0, 0.1) is 11.3 Å². The second-order valence-corrected chi connectivity index (χ2v) is 6.38. The third-order valence-electron chi connectivity index (χ3n) is 4.72. The number of carbonyl (C=O) groups excluding carboxylic acids is 1. The van der Waals surface area contributed by atoms with E-state index in [4.69, 9.17) is 0 Å². The molecule has 0 aromatic rings. The van der Waals surface area contributed by atoms with E-state index in [-0.39, 0.29) is 11.3 Å². The van der Waals surface area contributed by atoms with E-state index < -0.39 is 0 Å². The molecule has 0 aromatic carbocycles. The summed E-state index contributed by atoms with van der Waals surface area (Å²) < 4.78 is 0. The fourth-order valence-electron chi connectivity index (χ4n) is 3.37. The molecular formula is C14H26N2O. The number of hydrogen-bond donors (Lipinski definition) is 1. The molecule has 0 radical (unpaired) electrons. The van der Waals surface area contributed by atoms with Crippen LogP contribution in [-0.4, -0.2) is 37.0 Å². The van der Waals surface area contributed by atoms with Gasteiger partial charge in [0.1, 0.15) is 0 Å². The molecule has 2 rings (SSSR count). The van der Waals surface area contributed by atoms with Crippen LogP contribution < -0.4 is 5.32 Å². The molecule has 1 saturated carbocycles. The molecule has 2 unspecified atom stereocenters. The topological polar surface area (TPSA) is 32.3 Å². The molecule has 1 amide bonds. The highest BCUT2D eigenvalue weighted by Gasteiger charge is 2.41. The minimum Gasteiger partial charge on any atom is -0.341 e. The maximum atomic E-state index is 12.6. The third kappa shape index (κ3) is 2.65. The van der Waals surface area contributed by atoms with E-state index in [2.05, 4.69) is 19.2 Å². The van der Waals surface area contributed by atoms with Crippen molar-refractivity contribution in [3.63, 3.8) is 0 Å². The Kier molecular flexibility index (Phi) is 3.76. The lowest BCUT2D eigenvalue weighted by Crippen LogP contribution is -2.49. The smallest absolute Gasteiger partial charge is 0.226 e. The van der Waals surface area contributed by atoms with Gasteiger partial charge < -0.3 is 10.2 Å². The standard InChI is InChI=1S/C14H26N2O/c1-14(2)8-4-7-12(14)13(17)16(3)11-6-5-9-15-10-11/h11-12,15H,4-10H2,1-3H3. The first-order valence-electron chi connectivity index (χ1n) is 7.00. The average Bonchev–Trinajstić information content (AvgIpc) is 2.68. The number of likely N-dealkylation sites (N-methyl/N-ethyl adjacent to an activating group) is 1. The van der Waals surface area contributed by atoms with Gasteiger partial charge in [-0.15, -0.1) is 0 Å². The van der Waals surface area contributed by atoms with Crippen molar-refractivity contribution in [2.75, 3.05) is 20.1 Å². The van der Waals surface area contributed by atoms with Crippen LogP contribution in [0.2, 0.25) is 0 Å². The van der Waals surface area contributed by atoms with E-state index in [1.807, 2.05) is 11.9 Å². The second kappa shape index (κ2) is 4.97. The first kappa shape index (κ1) is 12.9. The monoisotopic (exact) mass is 238 g/mol. The van der Waals surface area contributed by atoms with Gasteiger partial charge in [0.2, 0.25) is 5.91 Å². The van der Waals surface area contributed by atoms with Gasteiger partial charge in [0, 0.05) is 25.6 Å². The number of hydrogen-bond acceptors (Lipinski definition) is 2. The Hall–Kier alpha value is -0.570. The molecule has 2 aliphatic rings. The van der Waals surface area contributed by atoms with Crippen LogP contribution >= 0.6 is 0 Å². The highest BCUT2D eigenvalue weighted by atomic mass is 16.2. The summed E-state index contributed by atoms with van der Waals surface area (Å²) >= 11 is 0. The predicted molar refractivity (Wildman–Crippen MR) is 69.8 cm³/mol. The molecular weight excluding hydrogens is 212 g/mol. The molecule has 17 heavy (non-hydrogen) atoms. The fourth-order valence-corrected chi connectivity index (χ4v) is 3.37. The van der Waals surface area contributed by atoms with Gasteiger partial charge >= 0.3 is 0 Å². The zero-order valence-corrected chi connectivity index (χ0v) is 11.5. The van der Waals surface area contributed by atoms with Crippen LogP contribution in [0.15, 0.2) is 0 Å². The molecule has 1 N–H and O–H groups in total. The van der Waals surface area contributed by atoms with Gasteiger partial charge in [0.05, 0.1) is 0 Å². The predicted octanol–water partition coefficient (Wildman–Crippen LogP) is 2.02. The van der Waals surface area contributed by atoms with Crippen molar-refractivity contribution in [1.82, 2.24) is 10.2 Å². The molecule has 1 heterocycles. The number of amides is 1. The van der Waals surface area contributed by atoms with Crippen molar-refractivity contribution in [2.45, 2.75) is 52.0 Å². The molecule has 3 nitrogen and oxygen atoms in total. The van der Waals surface area contributed by atoms with Crippen LogP contribution in [0.5, 0.6) is 0 Å². The zero-order valence-electron chi connectivity index (χ0n) is 11.5. The van der Waals surface area contributed by atoms with Crippen molar-refractivity contribution in [2.24, 2.45) is 11.3 Å². The maximum Gasteiger partial charge on any atom is 0.226 e. The summed E-state index contributed by atoms with van der Waals surface area (Å²) in [6.45, 7) is 6.56. The van der Waals surface area contributed by atoms with Gasteiger partial charge in [0.15, 0.2) is 0 Å². The molecule has 0 aromatic heterocycles. The molecule has 0 spiro atoms. The van der Waals surface area contributed by atoms with Gasteiger partial charge in [0.25, 0.3) is 0 Å². The molecule has 3 heteroatoms. The van der Waals surface area contributed by atoms with Crippen LogP contribution in [0.1, 0.15) is 46.0 Å². The number of rotatable bonds is 2. The fraction of sp³-hybridized carbons (Fsp3) is 0.929. The van der Waals surface area contributed by atoms with Crippen molar-refractivity contribution < 1.29 is 4.79 Å². The zero-order chi connectivity index (χ0) is 12.5. The maximum absolute atomic E-state index is 12.6. The van der Waals surface area contributed by atoms with Gasteiger partial charge in [-0.1, -0.05) is 20.3 Å². The highest BCUT2D eigenvalue weighted by molar-refractivity contribution is 5.80. The van der Waals surface area contributed by atoms with Gasteiger partial charge in [-0.25, -0.2) is 0 Å². The molecule has 1 aliphatic carbocycles. The van der Waals surface area contributed by atoms with Gasteiger partial charge in [-0.2, -0.15) is 0 Å². The van der Waals surface area contributed by atoms with E-state index in [1.54, 1.807) is 0 Å². The van der Waals surface area contributed by atoms with E-state index >= 15 is 0 Å². The Balaban J connectivity index is 1.98. The first-order valence-corrected chi connectivity index (χ1v) is 7.00. The molecule has 1 aliphatic heterocycles. The molecule has 2 atom stereocenters. The third-order valence-corrected chi connectivity index (χ3v) is 4.72.